The first-order valence-electron chi connectivity index (χ1n) is 8.43. The van der Waals surface area contributed by atoms with Gasteiger partial charge in [-0.15, -0.1) is 0 Å². The van der Waals surface area contributed by atoms with Crippen molar-refractivity contribution >= 4 is 23.6 Å². The van der Waals surface area contributed by atoms with E-state index < -0.39 is 11.9 Å². The number of anilines is 1. The lowest BCUT2D eigenvalue weighted by molar-refractivity contribution is -0.255. The normalized spacial score (nSPS) is 10.9. The number of ether oxygens (including phenoxy) is 2. The molecule has 2 aromatic carbocycles. The average Bonchev–Trinajstić information content (AvgIpc) is 2.66. The van der Waals surface area contributed by atoms with Gasteiger partial charge in [-0.1, -0.05) is 18.2 Å². The lowest BCUT2D eigenvalue weighted by Crippen LogP contribution is -2.22. The smallest absolute Gasteiger partial charge is 0.266 e. The predicted molar refractivity (Wildman–Crippen MR) is 102 cm³/mol. The van der Waals surface area contributed by atoms with Gasteiger partial charge in [-0.05, 0) is 55.3 Å². The molecule has 0 saturated heterocycles. The molecule has 28 heavy (non-hydrogen) atoms. The van der Waals surface area contributed by atoms with Crippen molar-refractivity contribution in [2.24, 2.45) is 0 Å². The molecule has 0 atom stereocenters. The first-order valence-corrected chi connectivity index (χ1v) is 8.43. The Kier molecular flexibility index (Phi) is 6.77. The van der Waals surface area contributed by atoms with Crippen molar-refractivity contribution in [1.82, 2.24) is 0 Å². The molecule has 0 spiro atoms. The monoisotopic (exact) mass is 379 g/mol. The largest absolute Gasteiger partial charge is 0.545 e. The number of carboxylic acids is 1. The molecule has 0 aromatic heterocycles. The third-order valence-electron chi connectivity index (χ3n) is 3.60. The summed E-state index contributed by atoms with van der Waals surface area (Å²) >= 11 is 0. The van der Waals surface area contributed by atoms with Gasteiger partial charge in [0.05, 0.1) is 19.2 Å². The molecule has 0 saturated carbocycles. The number of hydrogen-bond donors (Lipinski definition) is 1. The van der Waals surface area contributed by atoms with E-state index >= 15 is 0 Å². The fourth-order valence-corrected chi connectivity index (χ4v) is 2.33. The van der Waals surface area contributed by atoms with E-state index in [2.05, 4.69) is 5.32 Å². The number of hydrogen-bond acceptors (Lipinski definition) is 6. The van der Waals surface area contributed by atoms with Gasteiger partial charge in [-0.2, -0.15) is 5.26 Å². The summed E-state index contributed by atoms with van der Waals surface area (Å²) in [7, 11) is 1.50. The molecule has 0 fully saturated rings. The fraction of sp³-hybridized carbons (Fsp3) is 0.190. The number of nitrogens with one attached hydrogen (secondary N) is 1. The van der Waals surface area contributed by atoms with E-state index in [1.165, 1.54) is 37.5 Å². The Bertz CT molecular complexity index is 940. The zero-order chi connectivity index (χ0) is 20.7. The zero-order valence-corrected chi connectivity index (χ0v) is 15.7. The molecule has 0 aliphatic carbocycles. The second kappa shape index (κ2) is 9.24. The minimum atomic E-state index is -1.31. The lowest BCUT2D eigenvalue weighted by atomic mass is 10.1. The number of nitriles is 1. The molecule has 2 aromatic rings. The van der Waals surface area contributed by atoms with Crippen LogP contribution in [0.3, 0.4) is 0 Å². The van der Waals surface area contributed by atoms with Crippen molar-refractivity contribution in [3.63, 3.8) is 0 Å². The molecule has 0 unspecified atom stereocenters. The van der Waals surface area contributed by atoms with Crippen LogP contribution in [0.5, 0.6) is 11.5 Å². The first-order chi connectivity index (χ1) is 13.3. The van der Waals surface area contributed by atoms with Crippen LogP contribution in [0.4, 0.5) is 5.69 Å². The Balaban J connectivity index is 2.21. The highest BCUT2D eigenvalue weighted by Crippen LogP contribution is 2.29. The molecule has 2 rings (SSSR count). The Morgan fingerprint density at radius 1 is 1.14 bits per heavy atom. The number of rotatable bonds is 7. The third-order valence-corrected chi connectivity index (χ3v) is 3.60. The lowest BCUT2D eigenvalue weighted by Gasteiger charge is -2.14. The highest BCUT2D eigenvalue weighted by molar-refractivity contribution is 6.09. The summed E-state index contributed by atoms with van der Waals surface area (Å²) in [6.45, 7) is 3.79. The van der Waals surface area contributed by atoms with Gasteiger partial charge in [-0.25, -0.2) is 0 Å². The second-order valence-electron chi connectivity index (χ2n) is 6.07. The minimum Gasteiger partial charge on any atom is -0.545 e. The van der Waals surface area contributed by atoms with E-state index in [0.717, 1.165) is 0 Å². The molecule has 144 valence electrons. The number of methoxy groups -OCH3 is 1. The van der Waals surface area contributed by atoms with Crippen LogP contribution in [-0.2, 0) is 4.79 Å². The van der Waals surface area contributed by atoms with Crippen molar-refractivity contribution in [2.45, 2.75) is 20.0 Å². The van der Waals surface area contributed by atoms with Crippen LogP contribution in [0.15, 0.2) is 48.0 Å². The summed E-state index contributed by atoms with van der Waals surface area (Å²) < 4.78 is 10.9. The van der Waals surface area contributed by atoms with Crippen molar-refractivity contribution in [2.75, 3.05) is 12.4 Å². The van der Waals surface area contributed by atoms with Crippen molar-refractivity contribution < 1.29 is 24.2 Å². The molecule has 0 radical (unpaired) electrons. The van der Waals surface area contributed by atoms with E-state index in [4.69, 9.17) is 9.47 Å². The number of nitrogens with zero attached hydrogens (tertiary/aromatic N) is 1. The number of aromatic carboxylic acids is 1. The van der Waals surface area contributed by atoms with Gasteiger partial charge >= 0.3 is 0 Å². The molecule has 0 aliphatic rings. The van der Waals surface area contributed by atoms with E-state index in [1.54, 1.807) is 18.2 Å². The molecular weight excluding hydrogens is 360 g/mol. The summed E-state index contributed by atoms with van der Waals surface area (Å²) in [5.74, 6) is -0.886. The number of amides is 1. The summed E-state index contributed by atoms with van der Waals surface area (Å²) in [6, 6.07) is 12.4. The molecule has 0 aliphatic heterocycles. The van der Waals surface area contributed by atoms with Crippen molar-refractivity contribution in [3.05, 3.63) is 59.2 Å². The predicted octanol–water partition coefficient (Wildman–Crippen LogP) is 2.39. The van der Waals surface area contributed by atoms with Crippen LogP contribution in [0.1, 0.15) is 29.8 Å². The fourth-order valence-electron chi connectivity index (χ4n) is 2.33. The van der Waals surface area contributed by atoms with Crippen molar-refractivity contribution in [3.8, 4) is 17.6 Å². The topological polar surface area (TPSA) is 111 Å². The van der Waals surface area contributed by atoms with Gasteiger partial charge in [0.1, 0.15) is 11.6 Å². The Hall–Kier alpha value is -3.79. The van der Waals surface area contributed by atoms with Gasteiger partial charge in [-0.3, -0.25) is 4.79 Å². The second-order valence-corrected chi connectivity index (χ2v) is 6.07. The van der Waals surface area contributed by atoms with Crippen LogP contribution in [0, 0.1) is 11.3 Å². The number of carbonyl (C=O) groups is 2. The molecule has 7 heteroatoms. The summed E-state index contributed by atoms with van der Waals surface area (Å²) in [4.78, 5) is 23.1. The molecule has 1 amide bonds. The molecular formula is C21H19N2O5-. The maximum atomic E-state index is 12.3. The first kappa shape index (κ1) is 20.5. The third kappa shape index (κ3) is 5.35. The molecule has 1 N–H and O–H groups in total. The summed E-state index contributed by atoms with van der Waals surface area (Å²) in [5.41, 5.74) is 0.815. The van der Waals surface area contributed by atoms with Crippen molar-refractivity contribution in [1.29, 1.82) is 5.26 Å². The van der Waals surface area contributed by atoms with Gasteiger partial charge in [0.2, 0.25) is 0 Å². The van der Waals surface area contributed by atoms with Crippen LogP contribution < -0.4 is 19.9 Å². The van der Waals surface area contributed by atoms with E-state index in [1.807, 2.05) is 19.9 Å². The van der Waals surface area contributed by atoms with Gasteiger partial charge in [0, 0.05) is 5.69 Å². The maximum Gasteiger partial charge on any atom is 0.266 e. The molecule has 0 bridgehead atoms. The van der Waals surface area contributed by atoms with E-state index in [0.29, 0.717) is 22.7 Å². The number of carboxylic acid groups (broad SMARTS) is 1. The Labute approximate surface area is 162 Å². The maximum absolute atomic E-state index is 12.3. The van der Waals surface area contributed by atoms with Crippen LogP contribution in [-0.4, -0.2) is 25.1 Å². The Morgan fingerprint density at radius 2 is 1.82 bits per heavy atom. The van der Waals surface area contributed by atoms with Gasteiger partial charge in [0.25, 0.3) is 5.91 Å². The average molecular weight is 379 g/mol. The van der Waals surface area contributed by atoms with Crippen LogP contribution >= 0.6 is 0 Å². The van der Waals surface area contributed by atoms with E-state index in [-0.39, 0.29) is 17.2 Å². The molecule has 0 heterocycles. The SMILES string of the molecule is COc1cc(/C=C(\C#N)C(=O)Nc2ccc(C(=O)[O-])cc2)ccc1OC(C)C. The number of benzene rings is 2. The summed E-state index contributed by atoms with van der Waals surface area (Å²) in [5, 5.41) is 22.6. The minimum absolute atomic E-state index is 0.00940. The van der Waals surface area contributed by atoms with Gasteiger partial charge in [0.15, 0.2) is 11.5 Å². The highest BCUT2D eigenvalue weighted by Gasteiger charge is 2.12. The standard InChI is InChI=1S/C21H20N2O5/c1-13(2)28-18-9-4-14(11-19(18)27-3)10-16(12-22)20(24)23-17-7-5-15(6-8-17)21(25)26/h4-11,13H,1-3H3,(H,23,24)(H,25,26)/p-1/b16-10+. The quantitative estimate of drug-likeness (QED) is 0.584. The van der Waals surface area contributed by atoms with E-state index in [9.17, 15) is 20.0 Å². The Morgan fingerprint density at radius 3 is 2.36 bits per heavy atom. The zero-order valence-electron chi connectivity index (χ0n) is 15.7. The highest BCUT2D eigenvalue weighted by atomic mass is 16.5. The summed E-state index contributed by atoms with van der Waals surface area (Å²) in [6.07, 6.45) is 1.39. The number of carbonyl (C=O) groups excluding carboxylic acids is 2. The molecule has 7 nitrogen and oxygen atoms in total. The van der Waals surface area contributed by atoms with Gasteiger partial charge < -0.3 is 24.7 Å². The van der Waals surface area contributed by atoms with Crippen LogP contribution in [0.2, 0.25) is 0 Å². The van der Waals surface area contributed by atoms with Crippen LogP contribution in [0.25, 0.3) is 6.08 Å².